The van der Waals surface area contributed by atoms with Crippen LogP contribution in [-0.2, 0) is 9.59 Å². The van der Waals surface area contributed by atoms with Crippen LogP contribution in [0.4, 0.5) is 0 Å². The first-order chi connectivity index (χ1) is 4.13. The number of hydrogen-bond donors (Lipinski definition) is 3. The minimum Gasteiger partial charge on any atom is -0.480 e. The number of nitrogens with one attached hydrogen (secondary N) is 1. The molecule has 10 heavy (non-hydrogen) atoms. The quantitative estimate of drug-likeness (QED) is 0.425. The van der Waals surface area contributed by atoms with E-state index in [1.54, 1.807) is 0 Å². The third-order valence-electron chi connectivity index (χ3n) is 0.552. The van der Waals surface area contributed by atoms with Gasteiger partial charge in [-0.2, -0.15) is 0 Å². The Morgan fingerprint density at radius 2 is 1.40 bits per heavy atom. The van der Waals surface area contributed by atoms with E-state index in [1.165, 1.54) is 0 Å². The van der Waals surface area contributed by atoms with Gasteiger partial charge in [-0.3, -0.25) is 14.9 Å². The second-order valence-electron chi connectivity index (χ2n) is 1.39. The fourth-order valence-electron chi connectivity index (χ4n) is 0.276. The van der Waals surface area contributed by atoms with E-state index in [-0.39, 0.29) is 42.6 Å². The van der Waals surface area contributed by atoms with Gasteiger partial charge in [0.2, 0.25) is 0 Å². The molecule has 0 aliphatic heterocycles. The molecule has 0 rings (SSSR count). The van der Waals surface area contributed by atoms with Gasteiger partial charge >= 0.3 is 11.9 Å². The van der Waals surface area contributed by atoms with Gasteiger partial charge in [0.1, 0.15) is 0 Å². The summed E-state index contributed by atoms with van der Waals surface area (Å²) in [5, 5.41) is 18.1. The Bertz CT molecular complexity index is 112. The van der Waals surface area contributed by atoms with Gasteiger partial charge in [0.05, 0.1) is 13.1 Å². The molecule has 6 heteroatoms. The zero-order chi connectivity index (χ0) is 7.28. The molecule has 0 fully saturated rings. The zero-order valence-corrected chi connectivity index (χ0v) is 7.63. The maximum Gasteiger partial charge on any atom is 0.317 e. The van der Waals surface area contributed by atoms with Crippen molar-refractivity contribution in [3.8, 4) is 0 Å². The Kier molecular flexibility index (Phi) is 8.81. The Balaban J connectivity index is 0. The normalized spacial score (nSPS) is 8.00. The van der Waals surface area contributed by atoms with Crippen LogP contribution >= 0.6 is 0 Å². The summed E-state index contributed by atoms with van der Waals surface area (Å²) in [4.78, 5) is 19.5. The number of rotatable bonds is 4. The zero-order valence-electron chi connectivity index (χ0n) is 5.63. The predicted octanol–water partition coefficient (Wildman–Crippen LogP) is -1.64. The molecule has 0 unspecified atom stereocenters. The van der Waals surface area contributed by atoms with Crippen molar-refractivity contribution >= 4 is 41.5 Å². The van der Waals surface area contributed by atoms with Gasteiger partial charge in [-0.25, -0.2) is 0 Å². The molecule has 0 aromatic rings. The molecule has 53 valence electrons. The number of carboxylic acid groups (broad SMARTS) is 2. The second kappa shape index (κ2) is 7.01. The minimum atomic E-state index is -1.06. The van der Waals surface area contributed by atoms with E-state index in [4.69, 9.17) is 10.2 Å². The van der Waals surface area contributed by atoms with Crippen molar-refractivity contribution in [2.75, 3.05) is 13.1 Å². The van der Waals surface area contributed by atoms with Crippen LogP contribution in [-0.4, -0.2) is 64.8 Å². The molecule has 0 spiro atoms. The fraction of sp³-hybridized carbons (Fsp3) is 0.500. The van der Waals surface area contributed by atoms with Crippen molar-refractivity contribution < 1.29 is 19.8 Å². The largest absolute Gasteiger partial charge is 0.480 e. The van der Waals surface area contributed by atoms with Crippen LogP contribution in [0.3, 0.4) is 0 Å². The molecule has 3 N–H and O–H groups in total. The van der Waals surface area contributed by atoms with E-state index in [0.717, 1.165) is 0 Å². The van der Waals surface area contributed by atoms with Crippen LogP contribution in [0.25, 0.3) is 0 Å². The van der Waals surface area contributed by atoms with Gasteiger partial charge in [-0.1, -0.05) is 0 Å². The van der Waals surface area contributed by atoms with E-state index in [9.17, 15) is 9.59 Å². The molecule has 0 aliphatic carbocycles. The average molecular weight is 156 g/mol. The monoisotopic (exact) mass is 156 g/mol. The molecule has 0 aromatic carbocycles. The SMILES string of the molecule is O=C(O)CNCC(=O)O.[Na]. The first-order valence-electron chi connectivity index (χ1n) is 2.27. The maximum atomic E-state index is 9.73. The summed E-state index contributed by atoms with van der Waals surface area (Å²) in [6, 6.07) is 0. The van der Waals surface area contributed by atoms with Gasteiger partial charge in [-0.15, -0.1) is 0 Å². The molecule has 1 radical (unpaired) electrons. The summed E-state index contributed by atoms with van der Waals surface area (Å²) >= 11 is 0. The third kappa shape index (κ3) is 10.8. The van der Waals surface area contributed by atoms with Crippen LogP contribution in [0.15, 0.2) is 0 Å². The van der Waals surface area contributed by atoms with Gasteiger partial charge < -0.3 is 10.2 Å². The van der Waals surface area contributed by atoms with Gasteiger partial charge in [0.25, 0.3) is 0 Å². The van der Waals surface area contributed by atoms with Gasteiger partial charge in [-0.05, 0) is 0 Å². The fourth-order valence-corrected chi connectivity index (χ4v) is 0.276. The molecule has 0 aliphatic rings. The average Bonchev–Trinajstić information content (AvgIpc) is 1.63. The Hall–Kier alpha value is -0.100. The van der Waals surface area contributed by atoms with Crippen LogP contribution in [0.1, 0.15) is 0 Å². The summed E-state index contributed by atoms with van der Waals surface area (Å²) < 4.78 is 0. The topological polar surface area (TPSA) is 86.6 Å². The number of hydrogen-bond acceptors (Lipinski definition) is 3. The number of carbonyl (C=O) groups is 2. The first kappa shape index (κ1) is 12.6. The van der Waals surface area contributed by atoms with Crippen LogP contribution < -0.4 is 5.32 Å². The van der Waals surface area contributed by atoms with Crippen LogP contribution in [0.5, 0.6) is 0 Å². The minimum absolute atomic E-state index is 0. The number of aliphatic carboxylic acids is 2. The molecular formula is C4H7NNaO4. The molecule has 0 atom stereocenters. The van der Waals surface area contributed by atoms with E-state index < -0.39 is 11.9 Å². The van der Waals surface area contributed by atoms with Crippen molar-refractivity contribution in [3.63, 3.8) is 0 Å². The van der Waals surface area contributed by atoms with E-state index in [0.29, 0.717) is 0 Å². The summed E-state index contributed by atoms with van der Waals surface area (Å²) in [6.45, 7) is -0.626. The van der Waals surface area contributed by atoms with Crippen molar-refractivity contribution in [2.45, 2.75) is 0 Å². The Labute approximate surface area is 79.7 Å². The van der Waals surface area contributed by atoms with Crippen LogP contribution in [0, 0.1) is 0 Å². The third-order valence-corrected chi connectivity index (χ3v) is 0.552. The molecular weight excluding hydrogens is 149 g/mol. The molecule has 0 bridgehead atoms. The standard InChI is InChI=1S/C4H7NO4.Na/c6-3(7)1-5-2-4(8)9;/h5H,1-2H2,(H,6,7)(H,8,9);. The predicted molar refractivity (Wildman–Crippen MR) is 33.9 cm³/mol. The van der Waals surface area contributed by atoms with E-state index in [2.05, 4.69) is 5.32 Å². The van der Waals surface area contributed by atoms with Crippen molar-refractivity contribution in [3.05, 3.63) is 0 Å². The molecule has 5 nitrogen and oxygen atoms in total. The Morgan fingerprint density at radius 1 is 1.10 bits per heavy atom. The van der Waals surface area contributed by atoms with Gasteiger partial charge in [0.15, 0.2) is 0 Å². The van der Waals surface area contributed by atoms with Crippen molar-refractivity contribution in [1.29, 1.82) is 0 Å². The second-order valence-corrected chi connectivity index (χ2v) is 1.39. The summed E-state index contributed by atoms with van der Waals surface area (Å²) in [7, 11) is 0. The smallest absolute Gasteiger partial charge is 0.317 e. The van der Waals surface area contributed by atoms with Crippen molar-refractivity contribution in [1.82, 2.24) is 5.32 Å². The summed E-state index contributed by atoms with van der Waals surface area (Å²) in [5.74, 6) is -2.12. The molecule has 0 saturated carbocycles. The summed E-state index contributed by atoms with van der Waals surface area (Å²) in [5.41, 5.74) is 0. The van der Waals surface area contributed by atoms with E-state index >= 15 is 0 Å². The van der Waals surface area contributed by atoms with E-state index in [1.807, 2.05) is 0 Å². The molecule has 0 heterocycles. The Morgan fingerprint density at radius 3 is 1.60 bits per heavy atom. The van der Waals surface area contributed by atoms with Crippen LogP contribution in [0.2, 0.25) is 0 Å². The maximum absolute atomic E-state index is 9.73. The molecule has 0 saturated heterocycles. The summed E-state index contributed by atoms with van der Waals surface area (Å²) in [6.07, 6.45) is 0. The van der Waals surface area contributed by atoms with Gasteiger partial charge in [0, 0.05) is 29.6 Å². The molecule has 0 amide bonds. The molecule has 0 aromatic heterocycles. The van der Waals surface area contributed by atoms with Crippen molar-refractivity contribution in [2.24, 2.45) is 0 Å². The number of carboxylic acids is 2. The first-order valence-corrected chi connectivity index (χ1v) is 2.27.